The number of hydrogen-bond acceptors (Lipinski definition) is 3. The fraction of sp³-hybridized carbons (Fsp3) is 0.364. The molecule has 2 N–H and O–H groups in total. The molecule has 19 heavy (non-hydrogen) atoms. The molecule has 1 amide bonds. The molecule has 0 aliphatic rings. The molecule has 8 heteroatoms. The summed E-state index contributed by atoms with van der Waals surface area (Å²) in [7, 11) is -2.03. The molecule has 0 unspecified atom stereocenters. The van der Waals surface area contributed by atoms with Crippen molar-refractivity contribution in [3.05, 3.63) is 28.8 Å². The molecule has 0 radical (unpaired) electrons. The zero-order chi connectivity index (χ0) is 14.5. The van der Waals surface area contributed by atoms with Gasteiger partial charge in [-0.2, -0.15) is 0 Å². The van der Waals surface area contributed by atoms with Gasteiger partial charge in [0.05, 0.1) is 16.5 Å². The first-order chi connectivity index (χ1) is 8.89. The van der Waals surface area contributed by atoms with Crippen molar-refractivity contribution in [1.82, 2.24) is 5.32 Å². The van der Waals surface area contributed by atoms with E-state index in [4.69, 9.17) is 23.2 Å². The van der Waals surface area contributed by atoms with Crippen LogP contribution in [0.2, 0.25) is 5.02 Å². The summed E-state index contributed by atoms with van der Waals surface area (Å²) in [4.78, 5) is 11.5. The Morgan fingerprint density at radius 3 is 2.63 bits per heavy atom. The smallest absolute Gasteiger partial charge is 0.251 e. The summed E-state index contributed by atoms with van der Waals surface area (Å²) in [6.45, 7) is 0. The fourth-order valence-corrected chi connectivity index (χ4v) is 3.00. The molecular weight excluding hydrogens is 311 g/mol. The molecule has 0 saturated heterocycles. The van der Waals surface area contributed by atoms with Crippen LogP contribution in [0.25, 0.3) is 0 Å². The minimum Gasteiger partial charge on any atom is -0.355 e. The molecule has 0 spiro atoms. The van der Waals surface area contributed by atoms with Crippen LogP contribution >= 0.6 is 23.2 Å². The summed E-state index contributed by atoms with van der Waals surface area (Å²) in [6, 6.07) is 4.36. The van der Waals surface area contributed by atoms with Crippen molar-refractivity contribution in [3.8, 4) is 0 Å². The van der Waals surface area contributed by atoms with E-state index in [2.05, 4.69) is 10.0 Å². The van der Waals surface area contributed by atoms with Crippen LogP contribution in [0.4, 0.5) is 5.69 Å². The van der Waals surface area contributed by atoms with Crippen LogP contribution in [0.5, 0.6) is 0 Å². The largest absolute Gasteiger partial charge is 0.355 e. The second-order valence-electron chi connectivity index (χ2n) is 3.74. The van der Waals surface area contributed by atoms with Crippen LogP contribution < -0.4 is 10.0 Å². The Balaban J connectivity index is 2.97. The standard InChI is InChI=1S/C11H14Cl2N2O3S/c1-14-11(16)8-3-4-9(13)10(7-8)15-19(17,18)6-2-5-12/h3-4,7,15H,2,5-6H2,1H3,(H,14,16). The van der Waals surface area contributed by atoms with Crippen molar-refractivity contribution >= 4 is 44.8 Å². The van der Waals surface area contributed by atoms with Gasteiger partial charge in [0.1, 0.15) is 0 Å². The Hall–Kier alpha value is -0.980. The first-order valence-electron chi connectivity index (χ1n) is 5.47. The summed E-state index contributed by atoms with van der Waals surface area (Å²) in [6.07, 6.45) is 0.337. The molecular formula is C11H14Cl2N2O3S. The molecule has 5 nitrogen and oxygen atoms in total. The average Bonchev–Trinajstić information content (AvgIpc) is 2.38. The van der Waals surface area contributed by atoms with Gasteiger partial charge in [-0.15, -0.1) is 11.6 Å². The lowest BCUT2D eigenvalue weighted by Gasteiger charge is -2.10. The lowest BCUT2D eigenvalue weighted by molar-refractivity contribution is 0.0963. The maximum absolute atomic E-state index is 11.7. The van der Waals surface area contributed by atoms with E-state index in [1.165, 1.54) is 25.2 Å². The Bertz CT molecular complexity index is 561. The number of carbonyl (C=O) groups excluding carboxylic acids is 1. The predicted molar refractivity (Wildman–Crippen MR) is 77.6 cm³/mol. The Kier molecular flexibility index (Phi) is 5.90. The number of hydrogen-bond donors (Lipinski definition) is 2. The number of halogens is 2. The van der Waals surface area contributed by atoms with Gasteiger partial charge in [0.2, 0.25) is 10.0 Å². The van der Waals surface area contributed by atoms with E-state index >= 15 is 0 Å². The van der Waals surface area contributed by atoms with Crippen LogP contribution in [0.1, 0.15) is 16.8 Å². The lowest BCUT2D eigenvalue weighted by atomic mass is 10.2. The highest BCUT2D eigenvalue weighted by molar-refractivity contribution is 7.92. The number of sulfonamides is 1. The maximum Gasteiger partial charge on any atom is 0.251 e. The molecule has 0 aliphatic heterocycles. The minimum atomic E-state index is -3.52. The van der Waals surface area contributed by atoms with Crippen molar-refractivity contribution in [2.75, 3.05) is 23.4 Å². The van der Waals surface area contributed by atoms with Crippen molar-refractivity contribution in [2.45, 2.75) is 6.42 Å². The van der Waals surface area contributed by atoms with E-state index in [0.29, 0.717) is 12.0 Å². The number of amides is 1. The number of carbonyl (C=O) groups is 1. The van der Waals surface area contributed by atoms with E-state index in [-0.39, 0.29) is 28.3 Å². The second kappa shape index (κ2) is 6.98. The first kappa shape index (κ1) is 16.1. The highest BCUT2D eigenvalue weighted by Crippen LogP contribution is 2.24. The Morgan fingerprint density at radius 1 is 1.37 bits per heavy atom. The van der Waals surface area contributed by atoms with Crippen LogP contribution in [-0.4, -0.2) is 33.0 Å². The third-order valence-corrected chi connectivity index (χ3v) is 4.22. The van der Waals surface area contributed by atoms with Crippen LogP contribution in [0.3, 0.4) is 0 Å². The van der Waals surface area contributed by atoms with E-state index in [0.717, 1.165) is 0 Å². The number of anilines is 1. The quantitative estimate of drug-likeness (QED) is 0.786. The molecule has 0 aliphatic carbocycles. The number of rotatable bonds is 6. The zero-order valence-electron chi connectivity index (χ0n) is 10.2. The normalized spacial score (nSPS) is 11.1. The molecule has 1 aromatic rings. The second-order valence-corrected chi connectivity index (χ2v) is 6.36. The Morgan fingerprint density at radius 2 is 2.05 bits per heavy atom. The maximum atomic E-state index is 11.7. The topological polar surface area (TPSA) is 75.3 Å². The van der Waals surface area contributed by atoms with Gasteiger partial charge >= 0.3 is 0 Å². The van der Waals surface area contributed by atoms with Crippen molar-refractivity contribution in [1.29, 1.82) is 0 Å². The van der Waals surface area contributed by atoms with Gasteiger partial charge in [0.25, 0.3) is 5.91 Å². The van der Waals surface area contributed by atoms with Gasteiger partial charge in [-0.05, 0) is 24.6 Å². The molecule has 0 fully saturated rings. The third kappa shape index (κ3) is 4.89. The van der Waals surface area contributed by atoms with Crippen molar-refractivity contribution in [3.63, 3.8) is 0 Å². The molecule has 0 heterocycles. The summed E-state index contributed by atoms with van der Waals surface area (Å²) in [5.74, 6) is -0.165. The molecule has 106 valence electrons. The van der Waals surface area contributed by atoms with Crippen LogP contribution in [0, 0.1) is 0 Å². The summed E-state index contributed by atoms with van der Waals surface area (Å²) < 4.78 is 25.8. The number of nitrogens with one attached hydrogen (secondary N) is 2. The summed E-state index contributed by atoms with van der Waals surface area (Å²) >= 11 is 11.4. The summed E-state index contributed by atoms with van der Waals surface area (Å²) in [5.41, 5.74) is 0.499. The number of alkyl halides is 1. The van der Waals surface area contributed by atoms with Crippen molar-refractivity contribution < 1.29 is 13.2 Å². The van der Waals surface area contributed by atoms with Gasteiger partial charge in [0, 0.05) is 18.5 Å². The molecule has 0 aromatic heterocycles. The molecule has 0 bridgehead atoms. The van der Waals surface area contributed by atoms with E-state index < -0.39 is 10.0 Å². The van der Waals surface area contributed by atoms with Gasteiger partial charge in [0.15, 0.2) is 0 Å². The van der Waals surface area contributed by atoms with E-state index in [1.807, 2.05) is 0 Å². The molecule has 0 atom stereocenters. The first-order valence-corrected chi connectivity index (χ1v) is 8.04. The molecule has 1 aromatic carbocycles. The minimum absolute atomic E-state index is 0.100. The number of benzene rings is 1. The molecule has 1 rings (SSSR count). The summed E-state index contributed by atoms with van der Waals surface area (Å²) in [5, 5.41) is 2.67. The third-order valence-electron chi connectivity index (χ3n) is 2.27. The SMILES string of the molecule is CNC(=O)c1ccc(Cl)c(NS(=O)(=O)CCCCl)c1. The van der Waals surface area contributed by atoms with Gasteiger partial charge in [-0.1, -0.05) is 11.6 Å². The van der Waals surface area contributed by atoms with Crippen LogP contribution in [-0.2, 0) is 10.0 Å². The predicted octanol–water partition coefficient (Wildman–Crippen LogP) is 2.07. The molecule has 0 saturated carbocycles. The van der Waals surface area contributed by atoms with Crippen LogP contribution in [0.15, 0.2) is 18.2 Å². The highest BCUT2D eigenvalue weighted by atomic mass is 35.5. The lowest BCUT2D eigenvalue weighted by Crippen LogP contribution is -2.20. The Labute approximate surface area is 122 Å². The van der Waals surface area contributed by atoms with Crippen molar-refractivity contribution in [2.24, 2.45) is 0 Å². The van der Waals surface area contributed by atoms with E-state index in [1.54, 1.807) is 0 Å². The van der Waals surface area contributed by atoms with Gasteiger partial charge in [-0.3, -0.25) is 9.52 Å². The average molecular weight is 325 g/mol. The van der Waals surface area contributed by atoms with Gasteiger partial charge in [-0.25, -0.2) is 8.42 Å². The zero-order valence-corrected chi connectivity index (χ0v) is 12.6. The van der Waals surface area contributed by atoms with Gasteiger partial charge < -0.3 is 5.32 Å². The fourth-order valence-electron chi connectivity index (χ4n) is 1.35. The highest BCUT2D eigenvalue weighted by Gasteiger charge is 2.14. The monoisotopic (exact) mass is 324 g/mol. The van der Waals surface area contributed by atoms with E-state index in [9.17, 15) is 13.2 Å².